The van der Waals surface area contributed by atoms with Gasteiger partial charge in [-0.15, -0.1) is 11.8 Å². The normalized spacial score (nSPS) is 10.6. The van der Waals surface area contributed by atoms with Gasteiger partial charge in [-0.1, -0.05) is 35.6 Å². The molecule has 1 N–H and O–H groups in total. The number of amides is 1. The zero-order valence-electron chi connectivity index (χ0n) is 11.9. The predicted octanol–water partition coefficient (Wildman–Crippen LogP) is 4.04. The lowest BCUT2D eigenvalue weighted by molar-refractivity contribution is -0.118. The summed E-state index contributed by atoms with van der Waals surface area (Å²) in [5.41, 5.74) is 0.930. The number of anilines is 1. The van der Waals surface area contributed by atoms with Crippen LogP contribution in [0.25, 0.3) is 10.2 Å². The van der Waals surface area contributed by atoms with Gasteiger partial charge >= 0.3 is 0 Å². The van der Waals surface area contributed by atoms with Gasteiger partial charge in [0.2, 0.25) is 0 Å². The molecule has 0 unspecified atom stereocenters. The molecule has 1 aromatic heterocycles. The highest BCUT2D eigenvalue weighted by molar-refractivity contribution is 7.98. The molecular weight excluding hydrogens is 316 g/mol. The zero-order chi connectivity index (χ0) is 15.4. The van der Waals surface area contributed by atoms with E-state index in [0.717, 1.165) is 15.1 Å². The SMILES string of the molecule is CSc1cccc2sc(NC(=O)COc3ccccc3)nc12. The highest BCUT2D eigenvalue weighted by Crippen LogP contribution is 2.32. The van der Waals surface area contributed by atoms with E-state index in [1.807, 2.05) is 54.8 Å². The summed E-state index contributed by atoms with van der Waals surface area (Å²) in [6, 6.07) is 15.3. The minimum absolute atomic E-state index is 0.0324. The molecule has 2 aromatic carbocycles. The van der Waals surface area contributed by atoms with Crippen molar-refractivity contribution in [2.24, 2.45) is 0 Å². The molecule has 0 bridgehead atoms. The number of para-hydroxylation sites is 2. The number of ether oxygens (including phenoxy) is 1. The smallest absolute Gasteiger partial charge is 0.264 e. The number of benzene rings is 2. The van der Waals surface area contributed by atoms with Gasteiger partial charge in [0.15, 0.2) is 11.7 Å². The Morgan fingerprint density at radius 2 is 2.05 bits per heavy atom. The second-order valence-electron chi connectivity index (χ2n) is 4.48. The number of rotatable bonds is 5. The molecule has 0 atom stereocenters. The van der Waals surface area contributed by atoms with Crippen LogP contribution in [0.1, 0.15) is 0 Å². The average molecular weight is 330 g/mol. The maximum absolute atomic E-state index is 11.9. The Labute approximate surface area is 136 Å². The first kappa shape index (κ1) is 14.9. The van der Waals surface area contributed by atoms with Crippen molar-refractivity contribution in [1.29, 1.82) is 0 Å². The molecule has 3 rings (SSSR count). The number of thioether (sulfide) groups is 1. The Hall–Kier alpha value is -2.05. The van der Waals surface area contributed by atoms with Crippen LogP contribution in [0.2, 0.25) is 0 Å². The molecule has 1 amide bonds. The minimum atomic E-state index is -0.214. The van der Waals surface area contributed by atoms with Crippen molar-refractivity contribution < 1.29 is 9.53 Å². The van der Waals surface area contributed by atoms with Gasteiger partial charge in [0, 0.05) is 4.90 Å². The first-order chi connectivity index (χ1) is 10.8. The molecule has 0 radical (unpaired) electrons. The summed E-state index contributed by atoms with van der Waals surface area (Å²) < 4.78 is 6.48. The molecule has 0 aliphatic heterocycles. The molecule has 0 aliphatic carbocycles. The molecule has 0 saturated carbocycles. The third-order valence-corrected chi connectivity index (χ3v) is 4.67. The summed E-state index contributed by atoms with van der Waals surface area (Å²) in [6.07, 6.45) is 2.01. The molecule has 1 heterocycles. The van der Waals surface area contributed by atoms with E-state index < -0.39 is 0 Å². The average Bonchev–Trinajstić information content (AvgIpc) is 2.96. The summed E-state index contributed by atoms with van der Waals surface area (Å²) >= 11 is 3.11. The first-order valence-electron chi connectivity index (χ1n) is 6.67. The quantitative estimate of drug-likeness (QED) is 0.718. The standard InChI is InChI=1S/C16H14N2O2S2/c1-21-12-8-5-9-13-15(12)18-16(22-13)17-14(19)10-20-11-6-3-2-4-7-11/h2-9H,10H2,1H3,(H,17,18,19). The molecule has 22 heavy (non-hydrogen) atoms. The number of nitrogens with zero attached hydrogens (tertiary/aromatic N) is 1. The zero-order valence-corrected chi connectivity index (χ0v) is 13.5. The van der Waals surface area contributed by atoms with E-state index in [2.05, 4.69) is 10.3 Å². The van der Waals surface area contributed by atoms with Crippen molar-refractivity contribution in [2.45, 2.75) is 4.90 Å². The van der Waals surface area contributed by atoms with E-state index in [4.69, 9.17) is 4.74 Å². The lowest BCUT2D eigenvalue weighted by Crippen LogP contribution is -2.19. The second kappa shape index (κ2) is 6.81. The highest BCUT2D eigenvalue weighted by Gasteiger charge is 2.10. The van der Waals surface area contributed by atoms with Gasteiger partial charge in [0.25, 0.3) is 5.91 Å². The molecule has 6 heteroatoms. The number of nitrogens with one attached hydrogen (secondary N) is 1. The summed E-state index contributed by atoms with van der Waals surface area (Å²) in [4.78, 5) is 17.5. The van der Waals surface area contributed by atoms with Crippen molar-refractivity contribution in [2.75, 3.05) is 18.2 Å². The molecular formula is C16H14N2O2S2. The largest absolute Gasteiger partial charge is 0.484 e. The molecule has 4 nitrogen and oxygen atoms in total. The Morgan fingerprint density at radius 3 is 2.82 bits per heavy atom. The number of thiazole rings is 1. The number of carbonyl (C=O) groups excluding carboxylic acids is 1. The van der Waals surface area contributed by atoms with Gasteiger partial charge in [-0.2, -0.15) is 0 Å². The van der Waals surface area contributed by atoms with Gasteiger partial charge in [0.1, 0.15) is 5.75 Å². The van der Waals surface area contributed by atoms with Gasteiger partial charge in [0.05, 0.1) is 10.2 Å². The number of hydrogen-bond donors (Lipinski definition) is 1. The molecule has 0 fully saturated rings. The van der Waals surface area contributed by atoms with Crippen molar-refractivity contribution in [1.82, 2.24) is 4.98 Å². The maximum atomic E-state index is 11.9. The van der Waals surface area contributed by atoms with E-state index in [1.165, 1.54) is 11.3 Å². The van der Waals surface area contributed by atoms with Crippen LogP contribution < -0.4 is 10.1 Å². The van der Waals surface area contributed by atoms with Crippen molar-refractivity contribution >= 4 is 44.4 Å². The van der Waals surface area contributed by atoms with E-state index in [9.17, 15) is 4.79 Å². The van der Waals surface area contributed by atoms with E-state index in [1.54, 1.807) is 11.8 Å². The Kier molecular flexibility index (Phi) is 4.60. The lowest BCUT2D eigenvalue weighted by atomic mass is 10.3. The van der Waals surface area contributed by atoms with Crippen LogP contribution in [-0.2, 0) is 4.79 Å². The molecule has 3 aromatic rings. The van der Waals surface area contributed by atoms with Crippen LogP contribution in [0.15, 0.2) is 53.4 Å². The number of carbonyl (C=O) groups is 1. The molecule has 112 valence electrons. The van der Waals surface area contributed by atoms with Gasteiger partial charge in [-0.25, -0.2) is 4.98 Å². The number of hydrogen-bond acceptors (Lipinski definition) is 5. The summed E-state index contributed by atoms with van der Waals surface area (Å²) in [6.45, 7) is -0.0324. The van der Waals surface area contributed by atoms with E-state index in [-0.39, 0.29) is 12.5 Å². The van der Waals surface area contributed by atoms with E-state index in [0.29, 0.717) is 10.9 Å². The lowest BCUT2D eigenvalue weighted by Gasteiger charge is -2.05. The number of fused-ring (bicyclic) bond motifs is 1. The van der Waals surface area contributed by atoms with Crippen molar-refractivity contribution in [3.63, 3.8) is 0 Å². The fraction of sp³-hybridized carbons (Fsp3) is 0.125. The monoisotopic (exact) mass is 330 g/mol. The Morgan fingerprint density at radius 1 is 1.23 bits per heavy atom. The van der Waals surface area contributed by atoms with Gasteiger partial charge < -0.3 is 4.74 Å². The molecule has 0 aliphatic rings. The van der Waals surface area contributed by atoms with Crippen molar-refractivity contribution in [3.05, 3.63) is 48.5 Å². The summed E-state index contributed by atoms with van der Waals surface area (Å²) in [5.74, 6) is 0.459. The third-order valence-electron chi connectivity index (χ3n) is 2.96. The Bertz CT molecular complexity index is 787. The Balaban J connectivity index is 1.66. The molecule has 0 spiro atoms. The number of aromatic nitrogens is 1. The topological polar surface area (TPSA) is 51.2 Å². The summed E-state index contributed by atoms with van der Waals surface area (Å²) in [7, 11) is 0. The fourth-order valence-corrected chi connectivity index (χ4v) is 3.50. The minimum Gasteiger partial charge on any atom is -0.484 e. The fourth-order valence-electron chi connectivity index (χ4n) is 1.96. The van der Waals surface area contributed by atoms with Crippen LogP contribution in [-0.4, -0.2) is 23.8 Å². The van der Waals surface area contributed by atoms with Gasteiger partial charge in [-0.05, 0) is 30.5 Å². The van der Waals surface area contributed by atoms with Crippen LogP contribution in [0.3, 0.4) is 0 Å². The second-order valence-corrected chi connectivity index (χ2v) is 6.35. The van der Waals surface area contributed by atoms with Crippen LogP contribution in [0.4, 0.5) is 5.13 Å². The third kappa shape index (κ3) is 3.40. The van der Waals surface area contributed by atoms with E-state index >= 15 is 0 Å². The maximum Gasteiger partial charge on any atom is 0.264 e. The van der Waals surface area contributed by atoms with Crippen LogP contribution in [0, 0.1) is 0 Å². The van der Waals surface area contributed by atoms with Crippen molar-refractivity contribution in [3.8, 4) is 5.75 Å². The summed E-state index contributed by atoms with van der Waals surface area (Å²) in [5, 5.41) is 3.38. The predicted molar refractivity (Wildman–Crippen MR) is 92.0 cm³/mol. The van der Waals surface area contributed by atoms with Crippen LogP contribution in [0.5, 0.6) is 5.75 Å². The first-order valence-corrected chi connectivity index (χ1v) is 8.71. The molecule has 0 saturated heterocycles. The highest BCUT2D eigenvalue weighted by atomic mass is 32.2. The van der Waals surface area contributed by atoms with Crippen LogP contribution >= 0.6 is 23.1 Å². The van der Waals surface area contributed by atoms with Gasteiger partial charge in [-0.3, -0.25) is 10.1 Å².